The van der Waals surface area contributed by atoms with Crippen LogP contribution in [0.4, 0.5) is 0 Å². The molecule has 0 saturated carbocycles. The molecule has 0 N–H and O–H groups in total. The monoisotopic (exact) mass is 631 g/mol. The largest absolute Gasteiger partial charge is 0.208 e. The quantitative estimate of drug-likeness (QED) is 0.177. The Morgan fingerprint density at radius 1 is 0.292 bits per heavy atom. The molecule has 0 aliphatic heterocycles. The van der Waals surface area contributed by atoms with Gasteiger partial charge in [-0.3, -0.25) is 0 Å². The standard InChI is InChI=1S/C45H29N3/c1-3-11-30(12-4-1)31-19-23-34(24-20-31)44-46-43(33-13-5-2-6-14-33)47-45(48-44)35-25-21-32(22-26-35)36-27-28-41-39-17-8-7-15-37(39)38-16-9-10-18-40(38)42(41)29-36/h1-29H/i2D,5D,6D,7D,8D,9D,10D,13D,14D,15D,16D,17D,18D,21D,22D,25D,26D,27D,28D,29D. The van der Waals surface area contributed by atoms with Gasteiger partial charge in [-0.2, -0.15) is 0 Å². The van der Waals surface area contributed by atoms with E-state index in [1.807, 2.05) is 30.3 Å². The lowest BCUT2D eigenvalue weighted by Gasteiger charge is -2.12. The van der Waals surface area contributed by atoms with Gasteiger partial charge in [0.15, 0.2) is 17.5 Å². The Balaban J connectivity index is 1.36. The molecule has 3 nitrogen and oxygen atoms in total. The average molecular weight is 632 g/mol. The second-order valence-electron chi connectivity index (χ2n) is 10.5. The maximum absolute atomic E-state index is 9.59. The molecule has 0 aliphatic carbocycles. The summed E-state index contributed by atoms with van der Waals surface area (Å²) in [4.78, 5) is 13.4. The summed E-state index contributed by atoms with van der Waals surface area (Å²) in [5, 5.41) is -2.55. The van der Waals surface area contributed by atoms with Crippen LogP contribution in [0.1, 0.15) is 27.4 Å². The smallest absolute Gasteiger partial charge is 0.164 e. The van der Waals surface area contributed by atoms with Gasteiger partial charge >= 0.3 is 0 Å². The maximum atomic E-state index is 9.59. The van der Waals surface area contributed by atoms with Crippen LogP contribution in [0.2, 0.25) is 0 Å². The van der Waals surface area contributed by atoms with Gasteiger partial charge in [-0.25, -0.2) is 15.0 Å². The van der Waals surface area contributed by atoms with Gasteiger partial charge in [0.05, 0.1) is 27.4 Å². The van der Waals surface area contributed by atoms with E-state index in [0.29, 0.717) is 5.56 Å². The van der Waals surface area contributed by atoms with E-state index >= 15 is 0 Å². The average Bonchev–Trinajstić information content (AvgIpc) is 3.34. The minimum absolute atomic E-state index is 0.144. The van der Waals surface area contributed by atoms with Crippen LogP contribution < -0.4 is 0 Å². The number of fused-ring (bicyclic) bond motifs is 6. The second-order valence-corrected chi connectivity index (χ2v) is 10.5. The van der Waals surface area contributed by atoms with Crippen molar-refractivity contribution in [2.75, 3.05) is 0 Å². The van der Waals surface area contributed by atoms with Crippen molar-refractivity contribution in [3.63, 3.8) is 0 Å². The van der Waals surface area contributed by atoms with E-state index in [9.17, 15) is 9.60 Å². The fourth-order valence-electron chi connectivity index (χ4n) is 5.36. The Morgan fingerprint density at radius 3 is 1.31 bits per heavy atom. The summed E-state index contributed by atoms with van der Waals surface area (Å²) in [6.45, 7) is 0. The molecule has 48 heavy (non-hydrogen) atoms. The fourth-order valence-corrected chi connectivity index (χ4v) is 5.36. The first-order chi connectivity index (χ1) is 32.1. The van der Waals surface area contributed by atoms with Crippen LogP contribution in [0.3, 0.4) is 0 Å². The maximum Gasteiger partial charge on any atom is 0.164 e. The predicted molar refractivity (Wildman–Crippen MR) is 200 cm³/mol. The van der Waals surface area contributed by atoms with Gasteiger partial charge in [-0.15, -0.1) is 0 Å². The predicted octanol–water partition coefficient (Wildman–Crippen LogP) is 11.7. The van der Waals surface area contributed by atoms with Crippen LogP contribution in [0, 0.1) is 0 Å². The minimum atomic E-state index is -0.880. The zero-order valence-electron chi connectivity index (χ0n) is 44.5. The molecule has 0 fully saturated rings. The SMILES string of the molecule is [2H]c1c([2H])c([2H])c(-c2nc(-c3ccc(-c4ccccc4)cc3)nc(-c3c([2H])c([2H])c(-c4c([2H])c([2H])c5c6c([2H])c([2H])c([2H])c([2H])c6c6c([2H])c([2H])c([2H])c([2H])c6c5c4[2H])c([2H])c3[2H])n2)c([2H])c1[2H]. The van der Waals surface area contributed by atoms with E-state index in [1.165, 1.54) is 0 Å². The van der Waals surface area contributed by atoms with Gasteiger partial charge in [0, 0.05) is 16.7 Å². The van der Waals surface area contributed by atoms with Crippen molar-refractivity contribution in [2.24, 2.45) is 0 Å². The first-order valence-electron chi connectivity index (χ1n) is 24.6. The molecular formula is C45H29N3. The van der Waals surface area contributed by atoms with E-state index < -0.39 is 182 Å². The first-order valence-corrected chi connectivity index (χ1v) is 14.6. The Hall–Kier alpha value is -6.45. The second kappa shape index (κ2) is 11.7. The Labute approximate surface area is 307 Å². The highest BCUT2D eigenvalue weighted by Gasteiger charge is 2.14. The Bertz CT molecular complexity index is 3630. The molecule has 224 valence electrons. The summed E-state index contributed by atoms with van der Waals surface area (Å²) in [6, 6.07) is 0.863. The highest BCUT2D eigenvalue weighted by molar-refractivity contribution is 6.25. The third-order valence-electron chi connectivity index (χ3n) is 7.65. The van der Waals surface area contributed by atoms with E-state index in [4.69, 9.17) is 17.8 Å². The molecule has 0 saturated heterocycles. The lowest BCUT2D eigenvalue weighted by molar-refractivity contribution is 1.07. The summed E-state index contributed by atoms with van der Waals surface area (Å²) in [5.41, 5.74) is -0.352. The van der Waals surface area contributed by atoms with Gasteiger partial charge in [0.2, 0.25) is 0 Å². The lowest BCUT2D eigenvalue weighted by Crippen LogP contribution is -2.00. The topological polar surface area (TPSA) is 38.7 Å². The number of rotatable bonds is 5. The molecule has 1 heterocycles. The normalized spacial score (nSPS) is 17.2. The van der Waals surface area contributed by atoms with E-state index in [1.54, 1.807) is 24.3 Å². The summed E-state index contributed by atoms with van der Waals surface area (Å²) >= 11 is 0. The van der Waals surface area contributed by atoms with E-state index in [2.05, 4.69) is 15.0 Å². The van der Waals surface area contributed by atoms with E-state index in [0.717, 1.165) is 11.1 Å². The molecule has 0 spiro atoms. The Kier molecular flexibility index (Phi) is 3.45. The fraction of sp³-hybridized carbons (Fsp3) is 0. The molecule has 0 radical (unpaired) electrons. The van der Waals surface area contributed by atoms with E-state index in [-0.39, 0.29) is 11.2 Å². The first kappa shape index (κ1) is 14.1. The van der Waals surface area contributed by atoms with Crippen molar-refractivity contribution in [3.05, 3.63) is 175 Å². The van der Waals surface area contributed by atoms with Crippen LogP contribution in [0.15, 0.2) is 175 Å². The summed E-state index contributed by atoms with van der Waals surface area (Å²) in [7, 11) is 0. The van der Waals surface area contributed by atoms with Gasteiger partial charge in [-0.05, 0) is 60.6 Å². The van der Waals surface area contributed by atoms with Crippen molar-refractivity contribution >= 4 is 32.3 Å². The number of benzene rings is 8. The summed E-state index contributed by atoms with van der Waals surface area (Å²) < 4.78 is 177. The van der Waals surface area contributed by atoms with Gasteiger partial charge in [-0.1, -0.05) is 169 Å². The molecule has 0 bridgehead atoms. The molecule has 1 aromatic heterocycles. The summed E-state index contributed by atoms with van der Waals surface area (Å²) in [6.07, 6.45) is 0. The molecule has 0 amide bonds. The highest BCUT2D eigenvalue weighted by Crippen LogP contribution is 2.37. The zero-order chi connectivity index (χ0) is 49.3. The molecule has 8 aromatic carbocycles. The van der Waals surface area contributed by atoms with Crippen molar-refractivity contribution in [1.82, 2.24) is 15.0 Å². The van der Waals surface area contributed by atoms with Crippen molar-refractivity contribution in [3.8, 4) is 56.4 Å². The molecule has 0 unspecified atom stereocenters. The van der Waals surface area contributed by atoms with Gasteiger partial charge in [0.25, 0.3) is 0 Å². The Morgan fingerprint density at radius 2 is 0.708 bits per heavy atom. The van der Waals surface area contributed by atoms with Crippen LogP contribution in [-0.4, -0.2) is 15.0 Å². The van der Waals surface area contributed by atoms with Gasteiger partial charge in [0.1, 0.15) is 0 Å². The molecule has 9 rings (SSSR count). The molecule has 0 atom stereocenters. The third-order valence-corrected chi connectivity index (χ3v) is 7.65. The highest BCUT2D eigenvalue weighted by atomic mass is 15.0. The zero-order valence-corrected chi connectivity index (χ0v) is 24.5. The molecule has 9 aromatic rings. The number of hydrogen-bond acceptors (Lipinski definition) is 3. The van der Waals surface area contributed by atoms with Crippen LogP contribution >= 0.6 is 0 Å². The minimum Gasteiger partial charge on any atom is -0.208 e. The molecular weight excluding hydrogens is 583 g/mol. The van der Waals surface area contributed by atoms with Crippen molar-refractivity contribution in [1.29, 1.82) is 0 Å². The molecule has 0 aliphatic rings. The van der Waals surface area contributed by atoms with Gasteiger partial charge < -0.3 is 0 Å². The van der Waals surface area contributed by atoms with Crippen LogP contribution in [0.25, 0.3) is 88.7 Å². The number of aromatic nitrogens is 3. The number of hydrogen-bond donors (Lipinski definition) is 0. The number of nitrogens with zero attached hydrogens (tertiary/aromatic N) is 3. The van der Waals surface area contributed by atoms with Crippen molar-refractivity contribution in [2.45, 2.75) is 0 Å². The summed E-state index contributed by atoms with van der Waals surface area (Å²) in [5.74, 6) is -1.13. The lowest BCUT2D eigenvalue weighted by atomic mass is 9.92. The van der Waals surface area contributed by atoms with Crippen LogP contribution in [0.5, 0.6) is 0 Å². The third kappa shape index (κ3) is 4.99. The van der Waals surface area contributed by atoms with Crippen molar-refractivity contribution < 1.29 is 27.4 Å². The van der Waals surface area contributed by atoms with Crippen LogP contribution in [-0.2, 0) is 0 Å². The molecule has 3 heteroatoms.